The summed E-state index contributed by atoms with van der Waals surface area (Å²) in [6.45, 7) is 6.46. The van der Waals surface area contributed by atoms with Crippen LogP contribution in [0.3, 0.4) is 0 Å². The fraction of sp³-hybridized carbons (Fsp3) is 0.632. The lowest BCUT2D eigenvalue weighted by Gasteiger charge is -2.26. The Morgan fingerprint density at radius 2 is 2.07 bits per heavy atom. The summed E-state index contributed by atoms with van der Waals surface area (Å²) in [7, 11) is 2.09. The van der Waals surface area contributed by atoms with Gasteiger partial charge in [-0.25, -0.2) is 4.99 Å². The van der Waals surface area contributed by atoms with Crippen LogP contribution in [0.4, 0.5) is 0 Å². The van der Waals surface area contributed by atoms with E-state index in [4.69, 9.17) is 30.8 Å². The van der Waals surface area contributed by atoms with E-state index >= 15 is 0 Å². The van der Waals surface area contributed by atoms with Crippen molar-refractivity contribution in [3.8, 4) is 11.5 Å². The second kappa shape index (κ2) is 11.2. The van der Waals surface area contributed by atoms with Gasteiger partial charge in [-0.1, -0.05) is 11.6 Å². The standard InChI is InChI=1S/C19H28ClN3O3.HI/c1-3-21-19(23(2)7-4-14-5-8-24-9-6-14)22-12-15-10-16(20)18-17(11-15)25-13-26-18;/h10-11,14H,3-9,12-13H2,1-2H3,(H,21,22);1H. The van der Waals surface area contributed by atoms with Crippen molar-refractivity contribution in [2.45, 2.75) is 32.7 Å². The second-order valence-electron chi connectivity index (χ2n) is 6.75. The first-order valence-corrected chi connectivity index (χ1v) is 9.70. The van der Waals surface area contributed by atoms with E-state index in [0.29, 0.717) is 23.1 Å². The minimum Gasteiger partial charge on any atom is -0.454 e. The molecule has 0 unspecified atom stereocenters. The van der Waals surface area contributed by atoms with Crippen molar-refractivity contribution < 1.29 is 14.2 Å². The Hall–Kier alpha value is -0.930. The molecule has 27 heavy (non-hydrogen) atoms. The molecule has 0 aromatic heterocycles. The van der Waals surface area contributed by atoms with Crippen LogP contribution in [-0.2, 0) is 11.3 Å². The first-order valence-electron chi connectivity index (χ1n) is 9.32. The first kappa shape index (κ1) is 22.4. The fourth-order valence-corrected chi connectivity index (χ4v) is 3.55. The van der Waals surface area contributed by atoms with E-state index in [0.717, 1.165) is 56.6 Å². The number of ether oxygens (including phenoxy) is 3. The van der Waals surface area contributed by atoms with Gasteiger partial charge in [0.25, 0.3) is 0 Å². The maximum Gasteiger partial charge on any atom is 0.231 e. The first-order chi connectivity index (χ1) is 12.7. The van der Waals surface area contributed by atoms with Crippen LogP contribution in [0.1, 0.15) is 31.7 Å². The largest absolute Gasteiger partial charge is 0.454 e. The van der Waals surface area contributed by atoms with Gasteiger partial charge >= 0.3 is 0 Å². The fourth-order valence-electron chi connectivity index (χ4n) is 3.27. The smallest absolute Gasteiger partial charge is 0.231 e. The summed E-state index contributed by atoms with van der Waals surface area (Å²) in [5.41, 5.74) is 1.01. The Kier molecular flexibility index (Phi) is 9.25. The van der Waals surface area contributed by atoms with E-state index in [1.54, 1.807) is 0 Å². The Balaban J connectivity index is 0.00000261. The van der Waals surface area contributed by atoms with Crippen LogP contribution in [0, 0.1) is 5.92 Å². The molecule has 1 saturated heterocycles. The van der Waals surface area contributed by atoms with E-state index in [9.17, 15) is 0 Å². The highest BCUT2D eigenvalue weighted by Gasteiger charge is 2.19. The van der Waals surface area contributed by atoms with Gasteiger partial charge in [0, 0.05) is 33.4 Å². The molecular formula is C19H29ClIN3O3. The molecule has 3 rings (SSSR count). The molecule has 0 amide bonds. The zero-order valence-electron chi connectivity index (χ0n) is 16.0. The van der Waals surface area contributed by atoms with Crippen molar-refractivity contribution in [3.63, 3.8) is 0 Å². The molecular weight excluding hydrogens is 481 g/mol. The Labute approximate surface area is 183 Å². The normalized spacial score (nSPS) is 16.8. The Morgan fingerprint density at radius 1 is 1.30 bits per heavy atom. The molecule has 0 saturated carbocycles. The highest BCUT2D eigenvalue weighted by molar-refractivity contribution is 14.0. The van der Waals surface area contributed by atoms with Crippen LogP contribution < -0.4 is 14.8 Å². The highest BCUT2D eigenvalue weighted by Crippen LogP contribution is 2.39. The molecule has 152 valence electrons. The average molecular weight is 510 g/mol. The number of fused-ring (bicyclic) bond motifs is 1. The molecule has 6 nitrogen and oxygen atoms in total. The van der Waals surface area contributed by atoms with Gasteiger partial charge in [0.15, 0.2) is 17.5 Å². The van der Waals surface area contributed by atoms with Gasteiger partial charge < -0.3 is 24.4 Å². The molecule has 1 aromatic rings. The molecule has 1 N–H and O–H groups in total. The van der Waals surface area contributed by atoms with Gasteiger partial charge in [-0.2, -0.15) is 0 Å². The van der Waals surface area contributed by atoms with Gasteiger partial charge in [-0.05, 0) is 49.8 Å². The Morgan fingerprint density at radius 3 is 2.81 bits per heavy atom. The number of benzene rings is 1. The Bertz CT molecular complexity index is 639. The number of aliphatic imine (C=N–C) groups is 1. The summed E-state index contributed by atoms with van der Waals surface area (Å²) >= 11 is 6.26. The van der Waals surface area contributed by atoms with Crippen molar-refractivity contribution in [1.82, 2.24) is 10.2 Å². The minimum absolute atomic E-state index is 0. The number of halogens is 2. The van der Waals surface area contributed by atoms with Crippen molar-refractivity contribution >= 4 is 41.5 Å². The number of rotatable bonds is 6. The zero-order chi connectivity index (χ0) is 18.4. The average Bonchev–Trinajstić information content (AvgIpc) is 3.13. The van der Waals surface area contributed by atoms with Gasteiger partial charge in [0.05, 0.1) is 11.6 Å². The van der Waals surface area contributed by atoms with Crippen molar-refractivity contribution in [3.05, 3.63) is 22.7 Å². The summed E-state index contributed by atoms with van der Waals surface area (Å²) in [4.78, 5) is 6.97. The van der Waals surface area contributed by atoms with E-state index in [1.807, 2.05) is 12.1 Å². The molecule has 8 heteroatoms. The van der Waals surface area contributed by atoms with Crippen LogP contribution in [0.5, 0.6) is 11.5 Å². The van der Waals surface area contributed by atoms with Crippen molar-refractivity contribution in [2.75, 3.05) is 40.1 Å². The topological polar surface area (TPSA) is 55.3 Å². The molecule has 1 aromatic carbocycles. The maximum atomic E-state index is 6.26. The van der Waals surface area contributed by atoms with E-state index < -0.39 is 0 Å². The lowest BCUT2D eigenvalue weighted by molar-refractivity contribution is 0.0625. The molecule has 0 bridgehead atoms. The number of nitrogens with zero attached hydrogens (tertiary/aromatic N) is 2. The molecule has 2 aliphatic rings. The molecule has 2 aliphatic heterocycles. The van der Waals surface area contributed by atoms with Gasteiger partial charge in [0.1, 0.15) is 0 Å². The third-order valence-corrected chi connectivity index (χ3v) is 5.09. The summed E-state index contributed by atoms with van der Waals surface area (Å²) in [6.07, 6.45) is 3.49. The zero-order valence-corrected chi connectivity index (χ0v) is 19.1. The lowest BCUT2D eigenvalue weighted by atomic mass is 9.96. The van der Waals surface area contributed by atoms with Crippen LogP contribution in [0.25, 0.3) is 0 Å². The predicted molar refractivity (Wildman–Crippen MR) is 119 cm³/mol. The number of hydrogen-bond donors (Lipinski definition) is 1. The number of hydrogen-bond acceptors (Lipinski definition) is 4. The second-order valence-corrected chi connectivity index (χ2v) is 7.15. The SMILES string of the molecule is CCNC(=NCc1cc(Cl)c2c(c1)OCO2)N(C)CCC1CCOCC1.I. The summed E-state index contributed by atoms with van der Waals surface area (Å²) in [5, 5.41) is 3.94. The predicted octanol–water partition coefficient (Wildman–Crippen LogP) is 3.90. The molecule has 0 atom stereocenters. The molecule has 1 fully saturated rings. The maximum absolute atomic E-state index is 6.26. The van der Waals surface area contributed by atoms with E-state index in [2.05, 4.69) is 24.2 Å². The minimum atomic E-state index is 0. The third-order valence-electron chi connectivity index (χ3n) is 4.81. The lowest BCUT2D eigenvalue weighted by Crippen LogP contribution is -2.40. The number of nitrogens with one attached hydrogen (secondary N) is 1. The monoisotopic (exact) mass is 509 g/mol. The number of guanidine groups is 1. The highest BCUT2D eigenvalue weighted by atomic mass is 127. The van der Waals surface area contributed by atoms with Gasteiger partial charge in [-0.15, -0.1) is 24.0 Å². The summed E-state index contributed by atoms with van der Waals surface area (Å²) in [5.74, 6) is 2.98. The summed E-state index contributed by atoms with van der Waals surface area (Å²) < 4.78 is 16.2. The summed E-state index contributed by atoms with van der Waals surface area (Å²) in [6, 6.07) is 3.84. The van der Waals surface area contributed by atoms with E-state index in [-0.39, 0.29) is 30.8 Å². The molecule has 0 aliphatic carbocycles. The van der Waals surface area contributed by atoms with Crippen LogP contribution >= 0.6 is 35.6 Å². The van der Waals surface area contributed by atoms with Gasteiger partial charge in [-0.3, -0.25) is 0 Å². The molecule has 0 radical (unpaired) electrons. The molecule has 0 spiro atoms. The quantitative estimate of drug-likeness (QED) is 0.358. The van der Waals surface area contributed by atoms with Crippen molar-refractivity contribution in [1.29, 1.82) is 0 Å². The van der Waals surface area contributed by atoms with Crippen LogP contribution in [-0.4, -0.2) is 51.0 Å². The van der Waals surface area contributed by atoms with Crippen LogP contribution in [0.2, 0.25) is 5.02 Å². The van der Waals surface area contributed by atoms with Gasteiger partial charge in [0.2, 0.25) is 6.79 Å². The third kappa shape index (κ3) is 6.29. The molecule has 2 heterocycles. The van der Waals surface area contributed by atoms with Crippen LogP contribution in [0.15, 0.2) is 17.1 Å². The van der Waals surface area contributed by atoms with Crippen molar-refractivity contribution in [2.24, 2.45) is 10.9 Å². The van der Waals surface area contributed by atoms with E-state index in [1.165, 1.54) is 6.42 Å².